The monoisotopic (exact) mass is 398 g/mol. The maximum atomic E-state index is 12.3. The highest BCUT2D eigenvalue weighted by molar-refractivity contribution is 8.13. The average molecular weight is 399 g/mol. The van der Waals surface area contributed by atoms with E-state index in [0.29, 0.717) is 11.1 Å². The van der Waals surface area contributed by atoms with E-state index in [4.69, 9.17) is 31.8 Å². The SMILES string of the molecule is CCOC(=O)c1cc(C(=O)OCC)c(CSC(=N)N)cc1CSC(=N)N. The molecule has 0 aliphatic carbocycles. The fraction of sp³-hybridized carbons (Fsp3) is 0.375. The molecule has 1 aromatic carbocycles. The molecule has 0 heterocycles. The maximum absolute atomic E-state index is 12.3. The highest BCUT2D eigenvalue weighted by atomic mass is 32.2. The molecule has 6 N–H and O–H groups in total. The minimum Gasteiger partial charge on any atom is -0.462 e. The fourth-order valence-corrected chi connectivity index (χ4v) is 3.14. The number of esters is 2. The summed E-state index contributed by atoms with van der Waals surface area (Å²) in [6, 6.07) is 3.10. The van der Waals surface area contributed by atoms with Crippen molar-refractivity contribution in [1.29, 1.82) is 10.8 Å². The van der Waals surface area contributed by atoms with Crippen LogP contribution in [0.1, 0.15) is 45.7 Å². The van der Waals surface area contributed by atoms with Gasteiger partial charge in [0.1, 0.15) is 0 Å². The molecular formula is C16H22N4O4S2. The normalized spacial score (nSPS) is 10.2. The summed E-state index contributed by atoms with van der Waals surface area (Å²) in [6.45, 7) is 3.75. The molecule has 0 amide bonds. The van der Waals surface area contributed by atoms with Gasteiger partial charge in [0.25, 0.3) is 0 Å². The topological polar surface area (TPSA) is 152 Å². The second-order valence-corrected chi connectivity index (χ2v) is 6.95. The first kappa shape index (κ1) is 21.8. The van der Waals surface area contributed by atoms with E-state index >= 15 is 0 Å². The Kier molecular flexibility index (Phi) is 9.00. The van der Waals surface area contributed by atoms with Crippen LogP contribution in [0.25, 0.3) is 0 Å². The zero-order valence-electron chi connectivity index (χ0n) is 14.6. The highest BCUT2D eigenvalue weighted by Gasteiger charge is 2.21. The molecule has 0 aliphatic heterocycles. The Morgan fingerprint density at radius 3 is 1.58 bits per heavy atom. The van der Waals surface area contributed by atoms with Gasteiger partial charge in [-0.1, -0.05) is 29.6 Å². The van der Waals surface area contributed by atoms with Gasteiger partial charge < -0.3 is 20.9 Å². The first-order chi connectivity index (χ1) is 12.3. The van der Waals surface area contributed by atoms with E-state index < -0.39 is 11.9 Å². The van der Waals surface area contributed by atoms with Crippen molar-refractivity contribution < 1.29 is 19.1 Å². The molecule has 0 bridgehead atoms. The molecule has 1 aromatic rings. The Morgan fingerprint density at radius 1 is 0.885 bits per heavy atom. The predicted octanol–water partition coefficient (Wildman–Crippen LogP) is 2.29. The minimum absolute atomic E-state index is 0.0889. The van der Waals surface area contributed by atoms with Gasteiger partial charge in [-0.15, -0.1) is 0 Å². The van der Waals surface area contributed by atoms with Gasteiger partial charge in [0, 0.05) is 11.5 Å². The number of carbonyl (C=O) groups excluding carboxylic acids is 2. The third-order valence-corrected chi connectivity index (χ3v) is 4.62. The van der Waals surface area contributed by atoms with Crippen molar-refractivity contribution >= 4 is 45.8 Å². The summed E-state index contributed by atoms with van der Waals surface area (Å²) in [5.41, 5.74) is 12.4. The van der Waals surface area contributed by atoms with E-state index in [-0.39, 0.29) is 46.2 Å². The van der Waals surface area contributed by atoms with Crippen LogP contribution >= 0.6 is 23.5 Å². The third-order valence-electron chi connectivity index (χ3n) is 3.09. The zero-order chi connectivity index (χ0) is 19.7. The molecule has 0 saturated carbocycles. The summed E-state index contributed by atoms with van der Waals surface area (Å²) in [6.07, 6.45) is 0. The summed E-state index contributed by atoms with van der Waals surface area (Å²) in [5.74, 6) is -0.597. The van der Waals surface area contributed by atoms with E-state index in [0.717, 1.165) is 23.5 Å². The second-order valence-electron chi connectivity index (χ2n) is 4.91. The van der Waals surface area contributed by atoms with Gasteiger partial charge in [0.05, 0.1) is 24.3 Å². The van der Waals surface area contributed by atoms with Gasteiger partial charge in [-0.2, -0.15) is 0 Å². The molecule has 0 aromatic heterocycles. The molecule has 0 fully saturated rings. The van der Waals surface area contributed by atoms with Crippen LogP contribution in [0.2, 0.25) is 0 Å². The van der Waals surface area contributed by atoms with Gasteiger partial charge in [-0.05, 0) is 31.0 Å². The lowest BCUT2D eigenvalue weighted by atomic mass is 9.99. The lowest BCUT2D eigenvalue weighted by Crippen LogP contribution is -2.15. The van der Waals surface area contributed by atoms with Crippen molar-refractivity contribution in [2.24, 2.45) is 11.5 Å². The second kappa shape index (κ2) is 10.7. The largest absolute Gasteiger partial charge is 0.462 e. The number of hydrogen-bond donors (Lipinski definition) is 4. The maximum Gasteiger partial charge on any atom is 0.338 e. The van der Waals surface area contributed by atoms with Gasteiger partial charge >= 0.3 is 11.9 Å². The number of rotatable bonds is 8. The number of ether oxygens (including phenoxy) is 2. The van der Waals surface area contributed by atoms with E-state index in [2.05, 4.69) is 0 Å². The van der Waals surface area contributed by atoms with Gasteiger partial charge in [0.15, 0.2) is 10.3 Å². The Balaban J connectivity index is 3.41. The molecule has 0 spiro atoms. The van der Waals surface area contributed by atoms with Crippen molar-refractivity contribution in [3.63, 3.8) is 0 Å². The Hall–Kier alpha value is -2.20. The molecule has 26 heavy (non-hydrogen) atoms. The van der Waals surface area contributed by atoms with E-state index in [1.807, 2.05) is 0 Å². The summed E-state index contributed by atoms with van der Waals surface area (Å²) in [7, 11) is 0. The van der Waals surface area contributed by atoms with Crippen LogP contribution in [0.5, 0.6) is 0 Å². The van der Waals surface area contributed by atoms with E-state index in [1.165, 1.54) is 6.07 Å². The molecule has 0 radical (unpaired) electrons. The van der Waals surface area contributed by atoms with Crippen molar-refractivity contribution in [1.82, 2.24) is 0 Å². The molecule has 0 saturated heterocycles. The summed E-state index contributed by atoms with van der Waals surface area (Å²) in [4.78, 5) is 24.6. The average Bonchev–Trinajstić information content (AvgIpc) is 2.57. The van der Waals surface area contributed by atoms with Crippen molar-refractivity contribution in [3.05, 3.63) is 34.4 Å². The highest BCUT2D eigenvalue weighted by Crippen LogP contribution is 2.26. The number of nitrogens with two attached hydrogens (primary N) is 2. The Labute approximate surface area is 160 Å². The summed E-state index contributed by atoms with van der Waals surface area (Å²) < 4.78 is 10.1. The molecule has 0 atom stereocenters. The fourth-order valence-electron chi connectivity index (χ4n) is 2.04. The number of hydrogen-bond acceptors (Lipinski definition) is 8. The number of benzene rings is 1. The lowest BCUT2D eigenvalue weighted by Gasteiger charge is -2.15. The van der Waals surface area contributed by atoms with Gasteiger partial charge in [-0.25, -0.2) is 9.59 Å². The molecule has 8 nitrogen and oxygen atoms in total. The summed E-state index contributed by atoms with van der Waals surface area (Å²) >= 11 is 2.11. The minimum atomic E-state index is -0.567. The summed E-state index contributed by atoms with van der Waals surface area (Å²) in [5, 5.41) is 14.5. The van der Waals surface area contributed by atoms with Crippen LogP contribution in [0, 0.1) is 10.8 Å². The van der Waals surface area contributed by atoms with Crippen LogP contribution in [0.4, 0.5) is 0 Å². The molecule has 0 aliphatic rings. The molecule has 0 unspecified atom stereocenters. The Bertz CT molecular complexity index is 654. The van der Waals surface area contributed by atoms with Crippen LogP contribution in [-0.4, -0.2) is 35.5 Å². The molecule has 142 valence electrons. The van der Waals surface area contributed by atoms with Crippen molar-refractivity contribution in [3.8, 4) is 0 Å². The van der Waals surface area contributed by atoms with Crippen LogP contribution in [0.15, 0.2) is 12.1 Å². The third kappa shape index (κ3) is 6.60. The van der Waals surface area contributed by atoms with Crippen molar-refractivity contribution in [2.75, 3.05) is 13.2 Å². The smallest absolute Gasteiger partial charge is 0.338 e. The number of thioether (sulfide) groups is 2. The van der Waals surface area contributed by atoms with Crippen molar-refractivity contribution in [2.45, 2.75) is 25.4 Å². The molecule has 10 heteroatoms. The van der Waals surface area contributed by atoms with Crippen LogP contribution < -0.4 is 11.5 Å². The van der Waals surface area contributed by atoms with Crippen LogP contribution in [0.3, 0.4) is 0 Å². The molecular weight excluding hydrogens is 376 g/mol. The van der Waals surface area contributed by atoms with E-state index in [1.54, 1.807) is 19.9 Å². The lowest BCUT2D eigenvalue weighted by molar-refractivity contribution is 0.0524. The predicted molar refractivity (Wildman–Crippen MR) is 105 cm³/mol. The van der Waals surface area contributed by atoms with Gasteiger partial charge in [0.2, 0.25) is 0 Å². The number of carbonyl (C=O) groups is 2. The zero-order valence-corrected chi connectivity index (χ0v) is 16.2. The number of nitrogens with one attached hydrogen (secondary N) is 2. The Morgan fingerprint density at radius 2 is 1.27 bits per heavy atom. The standard InChI is InChI=1S/C16H22N4O4S2/c1-3-23-13(21)11-6-12(14(22)24-4-2)10(8-26-16(19)20)5-9(11)7-25-15(17)18/h5-6H,3-4,7-8H2,1-2H3,(H3,17,18)(H3,19,20). The quantitative estimate of drug-likeness (QED) is 0.296. The first-order valence-corrected chi connectivity index (χ1v) is 9.70. The van der Waals surface area contributed by atoms with Gasteiger partial charge in [-0.3, -0.25) is 10.8 Å². The first-order valence-electron chi connectivity index (χ1n) is 7.73. The molecule has 1 rings (SSSR count). The van der Waals surface area contributed by atoms with Crippen LogP contribution in [-0.2, 0) is 21.0 Å². The number of amidine groups is 2. The van der Waals surface area contributed by atoms with E-state index in [9.17, 15) is 9.59 Å².